The predicted molar refractivity (Wildman–Crippen MR) is 102 cm³/mol. The van der Waals surface area contributed by atoms with Crippen molar-refractivity contribution in [2.45, 2.75) is 6.18 Å². The molecule has 0 radical (unpaired) electrons. The van der Waals surface area contributed by atoms with E-state index in [1.807, 2.05) is 0 Å². The average molecular weight is 408 g/mol. The summed E-state index contributed by atoms with van der Waals surface area (Å²) in [4.78, 5) is 16.6. The van der Waals surface area contributed by atoms with E-state index in [0.717, 1.165) is 23.9 Å². The Kier molecular flexibility index (Phi) is 5.64. The average Bonchev–Trinajstić information content (AvgIpc) is 3.00. The van der Waals surface area contributed by atoms with Crippen molar-refractivity contribution in [1.82, 2.24) is 5.32 Å². The maximum absolute atomic E-state index is 12.8. The van der Waals surface area contributed by atoms with E-state index < -0.39 is 17.6 Å². The standard InChI is InChI=1S/C19H15F3N2O3S/c1-26-14-7-6-11(15(10-14)27-2)8-16-17(25)24-18(28-16)23-13-5-3-4-12(9-13)19(20,21)22/h3-10H,1-2H3,(H,23,24,25)/b16-8+. The summed E-state index contributed by atoms with van der Waals surface area (Å²) in [6.45, 7) is 0. The first-order valence-electron chi connectivity index (χ1n) is 7.99. The number of carbonyl (C=O) groups excluding carboxylic acids is 1. The largest absolute Gasteiger partial charge is 0.497 e. The fourth-order valence-corrected chi connectivity index (χ4v) is 3.26. The molecule has 1 N–H and O–H groups in total. The Morgan fingerprint density at radius 1 is 1.11 bits per heavy atom. The summed E-state index contributed by atoms with van der Waals surface area (Å²) in [5, 5.41) is 2.75. The molecule has 1 heterocycles. The van der Waals surface area contributed by atoms with E-state index in [2.05, 4.69) is 10.3 Å². The van der Waals surface area contributed by atoms with Crippen molar-refractivity contribution in [2.24, 2.45) is 4.99 Å². The Morgan fingerprint density at radius 2 is 1.89 bits per heavy atom. The topological polar surface area (TPSA) is 59.9 Å². The van der Waals surface area contributed by atoms with E-state index in [1.165, 1.54) is 26.4 Å². The van der Waals surface area contributed by atoms with Crippen LogP contribution in [0, 0.1) is 0 Å². The molecule has 0 bridgehead atoms. The van der Waals surface area contributed by atoms with Gasteiger partial charge in [-0.15, -0.1) is 0 Å². The Labute approximate surface area is 163 Å². The van der Waals surface area contributed by atoms with Gasteiger partial charge in [0.15, 0.2) is 5.17 Å². The van der Waals surface area contributed by atoms with Gasteiger partial charge in [0.2, 0.25) is 0 Å². The van der Waals surface area contributed by atoms with E-state index in [-0.39, 0.29) is 10.9 Å². The lowest BCUT2D eigenvalue weighted by atomic mass is 10.1. The molecule has 1 fully saturated rings. The number of nitrogens with zero attached hydrogens (tertiary/aromatic N) is 1. The number of thioether (sulfide) groups is 1. The number of amides is 1. The van der Waals surface area contributed by atoms with Crippen molar-refractivity contribution < 1.29 is 27.4 Å². The van der Waals surface area contributed by atoms with E-state index in [4.69, 9.17) is 9.47 Å². The molecule has 0 unspecified atom stereocenters. The quantitative estimate of drug-likeness (QED) is 0.751. The minimum absolute atomic E-state index is 0.0981. The molecule has 0 saturated carbocycles. The first-order chi connectivity index (χ1) is 13.3. The van der Waals surface area contributed by atoms with Gasteiger partial charge in [-0.3, -0.25) is 4.79 Å². The van der Waals surface area contributed by atoms with Crippen LogP contribution in [0.25, 0.3) is 6.08 Å². The SMILES string of the molecule is COc1ccc(/C=C2/SC(=Nc3cccc(C(F)(F)F)c3)NC2=O)c(OC)c1. The van der Waals surface area contributed by atoms with Crippen LogP contribution in [0.2, 0.25) is 0 Å². The fourth-order valence-electron chi connectivity index (χ4n) is 2.43. The summed E-state index contributed by atoms with van der Waals surface area (Å²) in [5.41, 5.74) is -0.0513. The van der Waals surface area contributed by atoms with Gasteiger partial charge in [0.05, 0.1) is 30.4 Å². The lowest BCUT2D eigenvalue weighted by Crippen LogP contribution is -2.19. The van der Waals surface area contributed by atoms with Crippen LogP contribution >= 0.6 is 11.8 Å². The van der Waals surface area contributed by atoms with Crippen LogP contribution in [-0.4, -0.2) is 25.3 Å². The molecule has 0 spiro atoms. The molecule has 5 nitrogen and oxygen atoms in total. The molecule has 1 aliphatic rings. The van der Waals surface area contributed by atoms with Gasteiger partial charge in [0, 0.05) is 11.6 Å². The maximum Gasteiger partial charge on any atom is 0.416 e. The Hall–Kier alpha value is -2.94. The van der Waals surface area contributed by atoms with Gasteiger partial charge < -0.3 is 14.8 Å². The normalized spacial score (nSPS) is 17.1. The molecular weight excluding hydrogens is 393 g/mol. The summed E-state index contributed by atoms with van der Waals surface area (Å²) in [5.74, 6) is 0.728. The third-order valence-electron chi connectivity index (χ3n) is 3.78. The monoisotopic (exact) mass is 408 g/mol. The van der Waals surface area contributed by atoms with Gasteiger partial charge in [-0.2, -0.15) is 13.2 Å². The van der Waals surface area contributed by atoms with E-state index in [1.54, 1.807) is 24.3 Å². The van der Waals surface area contributed by atoms with Gasteiger partial charge in [-0.25, -0.2) is 4.99 Å². The first-order valence-corrected chi connectivity index (χ1v) is 8.80. The minimum atomic E-state index is -4.46. The summed E-state index contributed by atoms with van der Waals surface area (Å²) in [6, 6.07) is 9.73. The lowest BCUT2D eigenvalue weighted by molar-refractivity contribution is -0.137. The highest BCUT2D eigenvalue weighted by atomic mass is 32.2. The highest BCUT2D eigenvalue weighted by Crippen LogP contribution is 2.34. The Morgan fingerprint density at radius 3 is 2.57 bits per heavy atom. The number of rotatable bonds is 4. The van der Waals surface area contributed by atoms with Crippen molar-refractivity contribution in [1.29, 1.82) is 0 Å². The van der Waals surface area contributed by atoms with Gasteiger partial charge in [0.1, 0.15) is 11.5 Å². The summed E-state index contributed by atoms with van der Waals surface area (Å²) in [6.07, 6.45) is -2.84. The number of carbonyl (C=O) groups is 1. The second kappa shape index (κ2) is 7.97. The lowest BCUT2D eigenvalue weighted by Gasteiger charge is -2.07. The Balaban J connectivity index is 1.86. The molecule has 146 valence electrons. The van der Waals surface area contributed by atoms with Crippen LogP contribution in [0.15, 0.2) is 52.4 Å². The highest BCUT2D eigenvalue weighted by Gasteiger charge is 2.30. The van der Waals surface area contributed by atoms with Gasteiger partial charge in [-0.05, 0) is 48.2 Å². The van der Waals surface area contributed by atoms with Crippen LogP contribution in [0.3, 0.4) is 0 Å². The van der Waals surface area contributed by atoms with Crippen molar-refractivity contribution in [2.75, 3.05) is 14.2 Å². The third-order valence-corrected chi connectivity index (χ3v) is 4.69. The number of hydrogen-bond acceptors (Lipinski definition) is 5. The fraction of sp³-hybridized carbons (Fsp3) is 0.158. The number of alkyl halides is 3. The number of methoxy groups -OCH3 is 2. The highest BCUT2D eigenvalue weighted by molar-refractivity contribution is 8.18. The van der Waals surface area contributed by atoms with E-state index in [0.29, 0.717) is 22.0 Å². The van der Waals surface area contributed by atoms with Crippen molar-refractivity contribution in [3.8, 4) is 11.5 Å². The minimum Gasteiger partial charge on any atom is -0.497 e. The molecule has 1 saturated heterocycles. The number of halogens is 3. The number of ether oxygens (including phenoxy) is 2. The first kappa shape index (κ1) is 19.8. The second-order valence-electron chi connectivity index (χ2n) is 5.64. The van der Waals surface area contributed by atoms with E-state index in [9.17, 15) is 18.0 Å². The van der Waals surface area contributed by atoms with Crippen LogP contribution in [0.1, 0.15) is 11.1 Å². The van der Waals surface area contributed by atoms with Crippen LogP contribution in [-0.2, 0) is 11.0 Å². The molecule has 9 heteroatoms. The van der Waals surface area contributed by atoms with Crippen molar-refractivity contribution >= 4 is 34.6 Å². The number of hydrogen-bond donors (Lipinski definition) is 1. The summed E-state index contributed by atoms with van der Waals surface area (Å²) < 4.78 is 48.9. The zero-order valence-electron chi connectivity index (χ0n) is 14.8. The molecule has 0 aliphatic carbocycles. The Bertz CT molecular complexity index is 971. The zero-order chi connectivity index (χ0) is 20.3. The number of amidine groups is 1. The molecule has 2 aromatic carbocycles. The third kappa shape index (κ3) is 4.48. The van der Waals surface area contributed by atoms with Crippen LogP contribution < -0.4 is 14.8 Å². The van der Waals surface area contributed by atoms with E-state index >= 15 is 0 Å². The van der Waals surface area contributed by atoms with Crippen LogP contribution in [0.4, 0.5) is 18.9 Å². The summed E-state index contributed by atoms with van der Waals surface area (Å²) in [7, 11) is 3.03. The van der Waals surface area contributed by atoms with Crippen molar-refractivity contribution in [3.63, 3.8) is 0 Å². The van der Waals surface area contributed by atoms with Gasteiger partial charge >= 0.3 is 6.18 Å². The second-order valence-corrected chi connectivity index (χ2v) is 6.67. The smallest absolute Gasteiger partial charge is 0.416 e. The number of aliphatic imine (C=N–C) groups is 1. The molecular formula is C19H15F3N2O3S. The molecule has 1 amide bonds. The molecule has 1 aliphatic heterocycles. The molecule has 0 atom stereocenters. The number of benzene rings is 2. The van der Waals surface area contributed by atoms with Gasteiger partial charge in [-0.1, -0.05) is 6.07 Å². The number of nitrogens with one attached hydrogen (secondary N) is 1. The van der Waals surface area contributed by atoms with Crippen LogP contribution in [0.5, 0.6) is 11.5 Å². The van der Waals surface area contributed by atoms with Gasteiger partial charge in [0.25, 0.3) is 5.91 Å². The maximum atomic E-state index is 12.8. The molecule has 0 aromatic heterocycles. The zero-order valence-corrected chi connectivity index (χ0v) is 15.6. The molecule has 2 aromatic rings. The summed E-state index contributed by atoms with van der Waals surface area (Å²) >= 11 is 1.03. The molecule has 28 heavy (non-hydrogen) atoms. The van der Waals surface area contributed by atoms with Crippen molar-refractivity contribution in [3.05, 3.63) is 58.5 Å². The predicted octanol–water partition coefficient (Wildman–Crippen LogP) is 4.61. The molecule has 3 rings (SSSR count).